The molecule has 2 N–H and O–H groups in total. The second-order valence-corrected chi connectivity index (χ2v) is 3.29. The standard InChI is InChI=1S/C13H16N2O2/c1-3-5-10-14-13(16)15-11-6-8-12(9-7-11)17-4-2/h1,6-9H,4-5,10H2,2H3,(H2,14,15,16). The summed E-state index contributed by atoms with van der Waals surface area (Å²) < 4.78 is 5.29. The fourth-order valence-corrected chi connectivity index (χ4v) is 1.22. The predicted molar refractivity (Wildman–Crippen MR) is 68.1 cm³/mol. The zero-order valence-electron chi connectivity index (χ0n) is 9.82. The average molecular weight is 232 g/mol. The molecule has 0 saturated heterocycles. The van der Waals surface area contributed by atoms with E-state index in [-0.39, 0.29) is 6.03 Å². The van der Waals surface area contributed by atoms with Gasteiger partial charge in [-0.1, -0.05) is 0 Å². The van der Waals surface area contributed by atoms with Crippen molar-refractivity contribution in [3.63, 3.8) is 0 Å². The molecule has 17 heavy (non-hydrogen) atoms. The van der Waals surface area contributed by atoms with Crippen molar-refractivity contribution in [1.82, 2.24) is 5.32 Å². The second-order valence-electron chi connectivity index (χ2n) is 3.29. The molecule has 4 nitrogen and oxygen atoms in total. The van der Waals surface area contributed by atoms with Crippen LogP contribution in [0.15, 0.2) is 24.3 Å². The van der Waals surface area contributed by atoms with Crippen LogP contribution >= 0.6 is 0 Å². The van der Waals surface area contributed by atoms with Crippen molar-refractivity contribution in [1.29, 1.82) is 0 Å². The third-order valence-electron chi connectivity index (χ3n) is 1.98. The minimum Gasteiger partial charge on any atom is -0.494 e. The Morgan fingerprint density at radius 2 is 2.12 bits per heavy atom. The van der Waals surface area contributed by atoms with Crippen LogP contribution in [0.2, 0.25) is 0 Å². The Labute approximate surface area is 101 Å². The fourth-order valence-electron chi connectivity index (χ4n) is 1.22. The Hall–Kier alpha value is -2.15. The van der Waals surface area contributed by atoms with E-state index in [9.17, 15) is 4.79 Å². The SMILES string of the molecule is C#CCCNC(=O)Nc1ccc(OCC)cc1. The second kappa shape index (κ2) is 7.18. The summed E-state index contributed by atoms with van der Waals surface area (Å²) in [4.78, 5) is 11.4. The maximum atomic E-state index is 11.4. The van der Waals surface area contributed by atoms with Gasteiger partial charge in [-0.25, -0.2) is 4.79 Å². The van der Waals surface area contributed by atoms with Crippen LogP contribution in [0.25, 0.3) is 0 Å². The molecule has 90 valence electrons. The highest BCUT2D eigenvalue weighted by atomic mass is 16.5. The van der Waals surface area contributed by atoms with E-state index in [0.717, 1.165) is 5.75 Å². The third kappa shape index (κ3) is 4.94. The summed E-state index contributed by atoms with van der Waals surface area (Å²) >= 11 is 0. The number of hydrogen-bond donors (Lipinski definition) is 2. The van der Waals surface area contributed by atoms with Crippen LogP contribution in [0.4, 0.5) is 10.5 Å². The maximum absolute atomic E-state index is 11.4. The van der Waals surface area contributed by atoms with Crippen molar-refractivity contribution in [2.75, 3.05) is 18.5 Å². The number of ether oxygens (including phenoxy) is 1. The van der Waals surface area contributed by atoms with Crippen molar-refractivity contribution in [2.45, 2.75) is 13.3 Å². The Morgan fingerprint density at radius 3 is 2.71 bits per heavy atom. The van der Waals surface area contributed by atoms with E-state index in [1.165, 1.54) is 0 Å². The number of benzene rings is 1. The van der Waals surface area contributed by atoms with Crippen molar-refractivity contribution in [3.05, 3.63) is 24.3 Å². The number of carbonyl (C=O) groups is 1. The van der Waals surface area contributed by atoms with Crippen LogP contribution < -0.4 is 15.4 Å². The summed E-state index contributed by atoms with van der Waals surface area (Å²) in [5.74, 6) is 3.23. The van der Waals surface area contributed by atoms with E-state index < -0.39 is 0 Å². The first kappa shape index (κ1) is 12.9. The number of amides is 2. The van der Waals surface area contributed by atoms with Gasteiger partial charge in [0.2, 0.25) is 0 Å². The van der Waals surface area contributed by atoms with Gasteiger partial charge in [-0.05, 0) is 31.2 Å². The fraction of sp³-hybridized carbons (Fsp3) is 0.308. The Kier molecular flexibility index (Phi) is 5.45. The summed E-state index contributed by atoms with van der Waals surface area (Å²) in [6.07, 6.45) is 5.60. The van der Waals surface area contributed by atoms with Crippen molar-refractivity contribution < 1.29 is 9.53 Å². The minimum absolute atomic E-state index is 0.260. The van der Waals surface area contributed by atoms with Gasteiger partial charge in [-0.3, -0.25) is 0 Å². The number of terminal acetylenes is 1. The first-order valence-corrected chi connectivity index (χ1v) is 5.47. The van der Waals surface area contributed by atoms with Gasteiger partial charge >= 0.3 is 6.03 Å². The molecule has 0 unspecified atom stereocenters. The number of nitrogens with one attached hydrogen (secondary N) is 2. The van der Waals surface area contributed by atoms with Gasteiger partial charge in [0.15, 0.2) is 0 Å². The van der Waals surface area contributed by atoms with Crippen LogP contribution in [0.5, 0.6) is 5.75 Å². The number of hydrogen-bond acceptors (Lipinski definition) is 2. The van der Waals surface area contributed by atoms with E-state index in [1.54, 1.807) is 24.3 Å². The largest absolute Gasteiger partial charge is 0.494 e. The first-order chi connectivity index (χ1) is 8.26. The predicted octanol–water partition coefficient (Wildman–Crippen LogP) is 2.23. The van der Waals surface area contributed by atoms with E-state index >= 15 is 0 Å². The molecule has 0 aromatic heterocycles. The van der Waals surface area contributed by atoms with Crippen molar-refractivity contribution in [3.8, 4) is 18.1 Å². The molecule has 4 heteroatoms. The van der Waals surface area contributed by atoms with Gasteiger partial charge in [-0.2, -0.15) is 0 Å². The average Bonchev–Trinajstić information content (AvgIpc) is 2.32. The molecule has 1 rings (SSSR count). The third-order valence-corrected chi connectivity index (χ3v) is 1.98. The van der Waals surface area contributed by atoms with Crippen LogP contribution in [-0.2, 0) is 0 Å². The molecule has 1 aromatic carbocycles. The minimum atomic E-state index is -0.260. The summed E-state index contributed by atoms with van der Waals surface area (Å²) in [5.41, 5.74) is 0.715. The highest BCUT2D eigenvalue weighted by Gasteiger charge is 2.00. The molecule has 0 atom stereocenters. The van der Waals surface area contributed by atoms with Crippen LogP contribution in [0.1, 0.15) is 13.3 Å². The highest BCUT2D eigenvalue weighted by Crippen LogP contribution is 2.15. The molecule has 1 aromatic rings. The highest BCUT2D eigenvalue weighted by molar-refractivity contribution is 5.89. The molecule has 0 aliphatic rings. The number of anilines is 1. The van der Waals surface area contributed by atoms with E-state index in [0.29, 0.717) is 25.3 Å². The topological polar surface area (TPSA) is 50.4 Å². The molecule has 0 fully saturated rings. The zero-order valence-corrected chi connectivity index (χ0v) is 9.82. The molecule has 0 aliphatic heterocycles. The molecule has 0 heterocycles. The Morgan fingerprint density at radius 1 is 1.41 bits per heavy atom. The molecule has 0 bridgehead atoms. The quantitative estimate of drug-likeness (QED) is 0.604. The van der Waals surface area contributed by atoms with Crippen LogP contribution in [0.3, 0.4) is 0 Å². The van der Waals surface area contributed by atoms with Crippen LogP contribution in [-0.4, -0.2) is 19.2 Å². The lowest BCUT2D eigenvalue weighted by Crippen LogP contribution is -2.29. The van der Waals surface area contributed by atoms with Crippen molar-refractivity contribution >= 4 is 11.7 Å². The van der Waals surface area contributed by atoms with Gasteiger partial charge in [0.1, 0.15) is 5.75 Å². The van der Waals surface area contributed by atoms with E-state index in [2.05, 4.69) is 16.6 Å². The molecule has 0 radical (unpaired) electrons. The normalized spacial score (nSPS) is 9.18. The molecule has 2 amide bonds. The molecule has 0 spiro atoms. The summed E-state index contributed by atoms with van der Waals surface area (Å²) in [5, 5.41) is 5.34. The number of carbonyl (C=O) groups excluding carboxylic acids is 1. The van der Waals surface area contributed by atoms with Gasteiger partial charge in [-0.15, -0.1) is 12.3 Å². The molecule has 0 saturated carbocycles. The zero-order chi connectivity index (χ0) is 12.5. The lowest BCUT2D eigenvalue weighted by molar-refractivity contribution is 0.252. The number of urea groups is 1. The first-order valence-electron chi connectivity index (χ1n) is 5.47. The molecular formula is C13H16N2O2. The Balaban J connectivity index is 2.40. The van der Waals surface area contributed by atoms with Gasteiger partial charge < -0.3 is 15.4 Å². The summed E-state index contributed by atoms with van der Waals surface area (Å²) in [6, 6.07) is 6.92. The maximum Gasteiger partial charge on any atom is 0.319 e. The van der Waals surface area contributed by atoms with Crippen LogP contribution in [0, 0.1) is 12.3 Å². The Bertz CT molecular complexity index is 393. The molecular weight excluding hydrogens is 216 g/mol. The van der Waals surface area contributed by atoms with Gasteiger partial charge in [0.25, 0.3) is 0 Å². The lowest BCUT2D eigenvalue weighted by atomic mass is 10.3. The number of rotatable bonds is 5. The smallest absolute Gasteiger partial charge is 0.319 e. The van der Waals surface area contributed by atoms with E-state index in [1.807, 2.05) is 6.92 Å². The summed E-state index contributed by atoms with van der Waals surface area (Å²) in [6.45, 7) is 3.02. The van der Waals surface area contributed by atoms with Gasteiger partial charge in [0, 0.05) is 18.7 Å². The summed E-state index contributed by atoms with van der Waals surface area (Å²) in [7, 11) is 0. The van der Waals surface area contributed by atoms with E-state index in [4.69, 9.17) is 11.2 Å². The monoisotopic (exact) mass is 232 g/mol. The lowest BCUT2D eigenvalue weighted by Gasteiger charge is -2.07. The molecule has 0 aliphatic carbocycles. The van der Waals surface area contributed by atoms with Gasteiger partial charge in [0.05, 0.1) is 6.61 Å². The van der Waals surface area contributed by atoms with Crippen molar-refractivity contribution in [2.24, 2.45) is 0 Å².